The molecule has 1 saturated heterocycles. The van der Waals surface area contributed by atoms with E-state index < -0.39 is 0 Å². The van der Waals surface area contributed by atoms with Crippen LogP contribution in [0.5, 0.6) is 0 Å². The zero-order valence-electron chi connectivity index (χ0n) is 14.0. The zero-order valence-corrected chi connectivity index (χ0v) is 14.0. The van der Waals surface area contributed by atoms with Crippen molar-refractivity contribution in [3.8, 4) is 0 Å². The lowest BCUT2D eigenvalue weighted by Crippen LogP contribution is -2.29. The van der Waals surface area contributed by atoms with Gasteiger partial charge in [-0.2, -0.15) is 0 Å². The highest BCUT2D eigenvalue weighted by Crippen LogP contribution is 2.31. The first-order valence-electron chi connectivity index (χ1n) is 8.22. The third-order valence-corrected chi connectivity index (χ3v) is 4.68. The Morgan fingerprint density at radius 3 is 2.88 bits per heavy atom. The van der Waals surface area contributed by atoms with Gasteiger partial charge < -0.3 is 13.9 Å². The van der Waals surface area contributed by atoms with E-state index in [0.29, 0.717) is 32.0 Å². The molecule has 0 spiro atoms. The zero-order chi connectivity index (χ0) is 16.7. The Morgan fingerprint density at radius 1 is 1.29 bits per heavy atom. The molecule has 2 aromatic heterocycles. The molecule has 0 aliphatic carbocycles. The minimum atomic E-state index is -0.0797. The molecule has 3 aromatic rings. The molecule has 0 saturated carbocycles. The summed E-state index contributed by atoms with van der Waals surface area (Å²) in [5.41, 5.74) is 3.94. The molecule has 1 fully saturated rings. The van der Waals surface area contributed by atoms with Crippen LogP contribution in [0.3, 0.4) is 0 Å². The molecule has 0 unspecified atom stereocenters. The summed E-state index contributed by atoms with van der Waals surface area (Å²) >= 11 is 0. The third kappa shape index (κ3) is 2.22. The molecule has 1 aliphatic heterocycles. The van der Waals surface area contributed by atoms with E-state index in [0.717, 1.165) is 28.4 Å². The van der Waals surface area contributed by atoms with Crippen molar-refractivity contribution in [2.75, 3.05) is 26.9 Å². The normalized spacial score (nSPS) is 15.0. The predicted octanol–water partition coefficient (Wildman–Crippen LogP) is 2.56. The van der Waals surface area contributed by atoms with E-state index in [1.807, 2.05) is 25.2 Å². The number of rotatable bonds is 4. The predicted molar refractivity (Wildman–Crippen MR) is 91.9 cm³/mol. The molecule has 0 atom stereocenters. The van der Waals surface area contributed by atoms with Crippen molar-refractivity contribution in [1.29, 1.82) is 0 Å². The summed E-state index contributed by atoms with van der Waals surface area (Å²) < 4.78 is 9.45. The van der Waals surface area contributed by atoms with Crippen LogP contribution in [0.4, 0.5) is 0 Å². The van der Waals surface area contributed by atoms with Crippen LogP contribution in [0.15, 0.2) is 30.3 Å². The summed E-state index contributed by atoms with van der Waals surface area (Å²) in [4.78, 5) is 18.3. The van der Waals surface area contributed by atoms with Crippen molar-refractivity contribution in [2.24, 2.45) is 7.05 Å². The molecular weight excluding hydrogens is 306 g/mol. The second kappa shape index (κ2) is 5.96. The van der Waals surface area contributed by atoms with Crippen LogP contribution in [-0.2, 0) is 23.2 Å². The molecular formula is C18H21N3O3. The van der Waals surface area contributed by atoms with Crippen molar-refractivity contribution in [3.05, 3.63) is 36.0 Å². The van der Waals surface area contributed by atoms with Gasteiger partial charge in [-0.1, -0.05) is 18.2 Å². The van der Waals surface area contributed by atoms with E-state index in [2.05, 4.69) is 21.3 Å². The van der Waals surface area contributed by atoms with Crippen LogP contribution < -0.4 is 0 Å². The SMILES string of the molecule is COCCn1c(C(=O)N2CCCO2)cc2c1c1ccccc1n2C. The van der Waals surface area contributed by atoms with Gasteiger partial charge in [0.15, 0.2) is 0 Å². The number of methoxy groups -OCH3 is 1. The monoisotopic (exact) mass is 327 g/mol. The van der Waals surface area contributed by atoms with E-state index in [1.165, 1.54) is 5.06 Å². The molecule has 6 heteroatoms. The summed E-state index contributed by atoms with van der Waals surface area (Å²) in [5.74, 6) is -0.0797. The van der Waals surface area contributed by atoms with Crippen molar-refractivity contribution < 1.29 is 14.4 Å². The molecule has 4 rings (SSSR count). The number of benzene rings is 1. The first kappa shape index (κ1) is 15.2. The number of para-hydroxylation sites is 1. The summed E-state index contributed by atoms with van der Waals surface area (Å²) in [7, 11) is 3.71. The molecule has 0 radical (unpaired) electrons. The van der Waals surface area contributed by atoms with Gasteiger partial charge in [-0.25, -0.2) is 5.06 Å². The topological polar surface area (TPSA) is 48.6 Å². The van der Waals surface area contributed by atoms with Gasteiger partial charge in [0.2, 0.25) is 0 Å². The van der Waals surface area contributed by atoms with Crippen LogP contribution in [-0.4, -0.2) is 47.0 Å². The number of carbonyl (C=O) groups excluding carboxylic acids is 1. The summed E-state index contributed by atoms with van der Waals surface area (Å²) in [6.07, 6.45) is 0.882. The Bertz CT molecular complexity index is 903. The average molecular weight is 327 g/mol. The van der Waals surface area contributed by atoms with Gasteiger partial charge in [0, 0.05) is 26.1 Å². The third-order valence-electron chi connectivity index (χ3n) is 4.68. The highest BCUT2D eigenvalue weighted by Gasteiger charge is 2.26. The smallest absolute Gasteiger partial charge is 0.294 e. The Balaban J connectivity index is 1.92. The molecule has 0 bridgehead atoms. The van der Waals surface area contributed by atoms with E-state index >= 15 is 0 Å². The van der Waals surface area contributed by atoms with Crippen LogP contribution in [0.25, 0.3) is 21.9 Å². The van der Waals surface area contributed by atoms with Gasteiger partial charge in [0.25, 0.3) is 5.91 Å². The number of hydrogen-bond donors (Lipinski definition) is 0. The minimum Gasteiger partial charge on any atom is -0.383 e. The largest absolute Gasteiger partial charge is 0.383 e. The Hall–Kier alpha value is -2.31. The van der Waals surface area contributed by atoms with Crippen LogP contribution >= 0.6 is 0 Å². The number of amides is 1. The van der Waals surface area contributed by atoms with E-state index in [4.69, 9.17) is 9.57 Å². The van der Waals surface area contributed by atoms with Gasteiger partial charge >= 0.3 is 0 Å². The van der Waals surface area contributed by atoms with Crippen molar-refractivity contribution in [1.82, 2.24) is 14.2 Å². The van der Waals surface area contributed by atoms with Crippen LogP contribution in [0.2, 0.25) is 0 Å². The van der Waals surface area contributed by atoms with E-state index in [-0.39, 0.29) is 5.91 Å². The number of hydroxylamine groups is 2. The standard InChI is InChI=1S/C18H21N3O3/c1-19-14-7-4-3-6-13(14)17-15(19)12-16(20(17)9-11-23-2)18(22)21-8-5-10-24-21/h3-4,6-7,12H,5,8-11H2,1-2H3. The number of aryl methyl sites for hydroxylation is 1. The molecule has 1 amide bonds. The molecule has 1 aromatic carbocycles. The number of fused-ring (bicyclic) bond motifs is 3. The van der Waals surface area contributed by atoms with Crippen molar-refractivity contribution >= 4 is 27.8 Å². The van der Waals surface area contributed by atoms with Gasteiger partial charge in [-0.15, -0.1) is 0 Å². The first-order chi connectivity index (χ1) is 11.7. The van der Waals surface area contributed by atoms with Gasteiger partial charge in [-0.3, -0.25) is 9.63 Å². The molecule has 126 valence electrons. The highest BCUT2D eigenvalue weighted by atomic mass is 16.7. The fraction of sp³-hybridized carbons (Fsp3) is 0.389. The lowest BCUT2D eigenvalue weighted by Gasteiger charge is -2.16. The second-order valence-corrected chi connectivity index (χ2v) is 6.08. The average Bonchev–Trinajstić information content (AvgIpc) is 3.31. The second-order valence-electron chi connectivity index (χ2n) is 6.08. The summed E-state index contributed by atoms with van der Waals surface area (Å²) in [6.45, 7) is 2.43. The first-order valence-corrected chi connectivity index (χ1v) is 8.22. The molecule has 3 heterocycles. The molecule has 6 nitrogen and oxygen atoms in total. The quantitative estimate of drug-likeness (QED) is 0.740. The molecule has 0 N–H and O–H groups in total. The fourth-order valence-electron chi connectivity index (χ4n) is 3.50. The fourth-order valence-corrected chi connectivity index (χ4v) is 3.50. The Labute approximate surface area is 140 Å². The van der Waals surface area contributed by atoms with Gasteiger partial charge in [-0.05, 0) is 18.6 Å². The lowest BCUT2D eigenvalue weighted by atomic mass is 10.2. The van der Waals surface area contributed by atoms with E-state index in [1.54, 1.807) is 7.11 Å². The summed E-state index contributed by atoms with van der Waals surface area (Å²) in [5, 5.41) is 2.62. The molecule has 24 heavy (non-hydrogen) atoms. The van der Waals surface area contributed by atoms with Crippen LogP contribution in [0, 0.1) is 0 Å². The number of ether oxygens (including phenoxy) is 1. The van der Waals surface area contributed by atoms with Crippen molar-refractivity contribution in [3.63, 3.8) is 0 Å². The number of carbonyl (C=O) groups is 1. The molecule has 1 aliphatic rings. The highest BCUT2D eigenvalue weighted by molar-refractivity contribution is 6.10. The maximum atomic E-state index is 12.9. The Kier molecular flexibility index (Phi) is 3.78. The Morgan fingerprint density at radius 2 is 2.12 bits per heavy atom. The van der Waals surface area contributed by atoms with Crippen LogP contribution in [0.1, 0.15) is 16.9 Å². The van der Waals surface area contributed by atoms with E-state index in [9.17, 15) is 4.79 Å². The minimum absolute atomic E-state index is 0.0797. The maximum absolute atomic E-state index is 12.9. The number of nitrogens with zero attached hydrogens (tertiary/aromatic N) is 3. The van der Waals surface area contributed by atoms with Gasteiger partial charge in [0.05, 0.1) is 36.3 Å². The number of hydrogen-bond acceptors (Lipinski definition) is 3. The lowest BCUT2D eigenvalue weighted by molar-refractivity contribution is -0.0774. The van der Waals surface area contributed by atoms with Crippen molar-refractivity contribution in [2.45, 2.75) is 13.0 Å². The van der Waals surface area contributed by atoms with Gasteiger partial charge in [0.1, 0.15) is 5.69 Å². The summed E-state index contributed by atoms with van der Waals surface area (Å²) in [6, 6.07) is 10.2. The number of aromatic nitrogens is 2. The maximum Gasteiger partial charge on any atom is 0.294 e.